The minimum absolute atomic E-state index is 0.0891. The minimum atomic E-state index is 0.0891. The van der Waals surface area contributed by atoms with Crippen molar-refractivity contribution in [2.45, 2.75) is 45.2 Å². The molecule has 2 heterocycles. The van der Waals surface area contributed by atoms with Gasteiger partial charge in [0.15, 0.2) is 11.8 Å². The van der Waals surface area contributed by atoms with Gasteiger partial charge in [-0.05, 0) is 64.0 Å². The van der Waals surface area contributed by atoms with E-state index in [0.717, 1.165) is 29.6 Å². The number of benzene rings is 1. The molecule has 29 heavy (non-hydrogen) atoms. The van der Waals surface area contributed by atoms with Gasteiger partial charge in [0.25, 0.3) is 0 Å². The number of nitrogens with one attached hydrogen (secondary N) is 3. The van der Waals surface area contributed by atoms with Gasteiger partial charge in [-0.1, -0.05) is 6.42 Å². The maximum absolute atomic E-state index is 5.19. The quantitative estimate of drug-likeness (QED) is 0.489. The number of H-pyrrole nitrogens is 1. The van der Waals surface area contributed by atoms with Crippen molar-refractivity contribution in [3.63, 3.8) is 0 Å². The Hall–Kier alpha value is -2.61. The van der Waals surface area contributed by atoms with E-state index in [9.17, 15) is 0 Å². The number of aromatic nitrogens is 3. The second-order valence-corrected chi connectivity index (χ2v) is 7.97. The van der Waals surface area contributed by atoms with Crippen LogP contribution in [0.15, 0.2) is 29.3 Å². The van der Waals surface area contributed by atoms with Crippen LogP contribution < -0.4 is 15.4 Å². The molecular weight excluding hydrogens is 366 g/mol. The van der Waals surface area contributed by atoms with Gasteiger partial charge in [-0.2, -0.15) is 5.10 Å². The maximum Gasteiger partial charge on any atom is 0.191 e. The fourth-order valence-corrected chi connectivity index (χ4v) is 3.54. The Morgan fingerprint density at radius 1 is 1.17 bits per heavy atom. The Morgan fingerprint density at radius 2 is 1.90 bits per heavy atom. The summed E-state index contributed by atoms with van der Waals surface area (Å²) in [4.78, 5) is 11.5. The van der Waals surface area contributed by atoms with E-state index in [2.05, 4.69) is 49.6 Å². The van der Waals surface area contributed by atoms with E-state index >= 15 is 0 Å². The molecule has 1 aromatic heterocycles. The zero-order valence-corrected chi connectivity index (χ0v) is 18.0. The van der Waals surface area contributed by atoms with Crippen molar-refractivity contribution in [3.8, 4) is 17.1 Å². The fraction of sp³-hybridized carbons (Fsp3) is 0.571. The van der Waals surface area contributed by atoms with Crippen LogP contribution in [0.1, 0.15) is 38.9 Å². The topological polar surface area (TPSA) is 90.5 Å². The monoisotopic (exact) mass is 399 g/mol. The van der Waals surface area contributed by atoms with Gasteiger partial charge in [-0.25, -0.2) is 4.98 Å². The predicted molar refractivity (Wildman–Crippen MR) is 116 cm³/mol. The van der Waals surface area contributed by atoms with Gasteiger partial charge in [0.05, 0.1) is 13.7 Å². The van der Waals surface area contributed by atoms with Crippen molar-refractivity contribution < 1.29 is 4.74 Å². The summed E-state index contributed by atoms with van der Waals surface area (Å²) in [5, 5.41) is 14.1. The Labute approximate surface area is 173 Å². The Balaban J connectivity index is 1.51. The second kappa shape index (κ2) is 9.73. The van der Waals surface area contributed by atoms with Crippen LogP contribution in [0.5, 0.6) is 5.75 Å². The number of hydrogen-bond acceptors (Lipinski definition) is 5. The number of likely N-dealkylation sites (tertiary alicyclic amines) is 1. The fourth-order valence-electron chi connectivity index (χ4n) is 3.54. The molecule has 1 saturated heterocycles. The van der Waals surface area contributed by atoms with Crippen LogP contribution >= 0.6 is 0 Å². The number of hydrogen-bond donors (Lipinski definition) is 3. The third-order valence-electron chi connectivity index (χ3n) is 5.43. The lowest BCUT2D eigenvalue weighted by molar-refractivity contribution is 0.0982. The molecule has 0 radical (unpaired) electrons. The normalized spacial score (nSPS) is 15.9. The van der Waals surface area contributed by atoms with Crippen LogP contribution in [-0.2, 0) is 6.54 Å². The van der Waals surface area contributed by atoms with Gasteiger partial charge < -0.3 is 15.4 Å². The highest BCUT2D eigenvalue weighted by molar-refractivity contribution is 5.79. The number of ether oxygens (including phenoxy) is 1. The van der Waals surface area contributed by atoms with E-state index < -0.39 is 0 Å². The Morgan fingerprint density at radius 3 is 2.55 bits per heavy atom. The molecule has 8 heteroatoms. The first-order valence-corrected chi connectivity index (χ1v) is 10.3. The molecule has 1 aliphatic rings. The number of rotatable bonds is 7. The van der Waals surface area contributed by atoms with Crippen LogP contribution in [0.25, 0.3) is 11.4 Å². The number of aliphatic imine (C=N–C) groups is 1. The first-order chi connectivity index (χ1) is 14.0. The number of guanidine groups is 1. The summed E-state index contributed by atoms with van der Waals surface area (Å²) < 4.78 is 5.19. The molecular formula is C21H33N7O. The average Bonchev–Trinajstić information content (AvgIpc) is 3.23. The van der Waals surface area contributed by atoms with Gasteiger partial charge in [0.1, 0.15) is 11.6 Å². The molecule has 0 atom stereocenters. The summed E-state index contributed by atoms with van der Waals surface area (Å²) in [5.41, 5.74) is 1.03. The van der Waals surface area contributed by atoms with E-state index in [1.165, 1.54) is 32.4 Å². The summed E-state index contributed by atoms with van der Waals surface area (Å²) in [5.74, 6) is 3.00. The van der Waals surface area contributed by atoms with Crippen LogP contribution in [0.2, 0.25) is 0 Å². The van der Waals surface area contributed by atoms with Gasteiger partial charge in [-0.15, -0.1) is 0 Å². The molecule has 1 aromatic carbocycles. The summed E-state index contributed by atoms with van der Waals surface area (Å²) in [7, 11) is 3.44. The van der Waals surface area contributed by atoms with Crippen molar-refractivity contribution in [1.82, 2.24) is 30.7 Å². The molecule has 2 aromatic rings. The van der Waals surface area contributed by atoms with Crippen LogP contribution in [0.3, 0.4) is 0 Å². The maximum atomic E-state index is 5.19. The lowest BCUT2D eigenvalue weighted by Crippen LogP contribution is -2.54. The van der Waals surface area contributed by atoms with Crippen LogP contribution in [0.4, 0.5) is 0 Å². The van der Waals surface area contributed by atoms with Gasteiger partial charge in [0.2, 0.25) is 0 Å². The minimum Gasteiger partial charge on any atom is -0.497 e. The molecule has 0 spiro atoms. The largest absolute Gasteiger partial charge is 0.497 e. The molecule has 3 N–H and O–H groups in total. The molecule has 0 aliphatic carbocycles. The Bertz CT molecular complexity index is 792. The molecule has 1 aliphatic heterocycles. The molecule has 1 fully saturated rings. The lowest BCUT2D eigenvalue weighted by atomic mass is 9.98. The van der Waals surface area contributed by atoms with Gasteiger partial charge in [0, 0.05) is 24.7 Å². The van der Waals surface area contributed by atoms with Crippen molar-refractivity contribution in [2.24, 2.45) is 4.99 Å². The van der Waals surface area contributed by atoms with E-state index in [0.29, 0.717) is 12.4 Å². The van der Waals surface area contributed by atoms with E-state index in [-0.39, 0.29) is 5.54 Å². The van der Waals surface area contributed by atoms with E-state index in [1.807, 2.05) is 24.3 Å². The third-order valence-corrected chi connectivity index (χ3v) is 5.43. The third kappa shape index (κ3) is 5.69. The summed E-state index contributed by atoms with van der Waals surface area (Å²) in [6, 6.07) is 7.70. The first kappa shape index (κ1) is 21.1. The van der Waals surface area contributed by atoms with Crippen molar-refractivity contribution in [1.29, 1.82) is 0 Å². The molecule has 0 saturated carbocycles. The first-order valence-electron chi connectivity index (χ1n) is 10.3. The highest BCUT2D eigenvalue weighted by Crippen LogP contribution is 2.20. The second-order valence-electron chi connectivity index (χ2n) is 7.97. The van der Waals surface area contributed by atoms with Crippen molar-refractivity contribution >= 4 is 5.96 Å². The van der Waals surface area contributed by atoms with E-state index in [1.54, 1.807) is 14.2 Å². The molecule has 3 rings (SSSR count). The number of methoxy groups -OCH3 is 1. The number of nitrogens with zero attached hydrogens (tertiary/aromatic N) is 4. The van der Waals surface area contributed by atoms with Crippen molar-refractivity contribution in [3.05, 3.63) is 30.1 Å². The lowest BCUT2D eigenvalue weighted by Gasteiger charge is -2.41. The average molecular weight is 400 g/mol. The van der Waals surface area contributed by atoms with E-state index in [4.69, 9.17) is 4.74 Å². The van der Waals surface area contributed by atoms with Gasteiger partial charge >= 0.3 is 0 Å². The highest BCUT2D eigenvalue weighted by Gasteiger charge is 2.27. The molecule has 0 bridgehead atoms. The summed E-state index contributed by atoms with van der Waals surface area (Å²) in [6.07, 6.45) is 3.93. The van der Waals surface area contributed by atoms with Crippen LogP contribution in [-0.4, -0.2) is 65.4 Å². The van der Waals surface area contributed by atoms with Crippen molar-refractivity contribution in [2.75, 3.05) is 33.8 Å². The zero-order chi connectivity index (χ0) is 20.7. The molecule has 158 valence electrons. The Kier molecular flexibility index (Phi) is 7.09. The smallest absolute Gasteiger partial charge is 0.191 e. The summed E-state index contributed by atoms with van der Waals surface area (Å²) >= 11 is 0. The van der Waals surface area contributed by atoms with Gasteiger partial charge in [-0.3, -0.25) is 15.0 Å². The molecule has 0 amide bonds. The number of piperidine rings is 1. The van der Waals surface area contributed by atoms with Crippen LogP contribution in [0, 0.1) is 0 Å². The standard InChI is InChI=1S/C21H33N7O/c1-21(2,28-12-6-5-7-13-28)15-24-20(22-3)23-14-18-25-19(27-26-18)16-8-10-17(29-4)11-9-16/h8-11H,5-7,12-15H2,1-4H3,(H2,22,23,24)(H,25,26,27). The predicted octanol–water partition coefficient (Wildman–Crippen LogP) is 2.41. The molecule has 8 nitrogen and oxygen atoms in total. The number of aromatic amines is 1. The molecule has 0 unspecified atom stereocenters. The zero-order valence-electron chi connectivity index (χ0n) is 18.0. The SMILES string of the molecule is CN=C(NCc1nc(-c2ccc(OC)cc2)n[nH]1)NCC(C)(C)N1CCCCC1. The highest BCUT2D eigenvalue weighted by atomic mass is 16.5. The summed E-state index contributed by atoms with van der Waals surface area (Å²) in [6.45, 7) is 8.28.